The Bertz CT molecular complexity index is 253. The van der Waals surface area contributed by atoms with Crippen molar-refractivity contribution in [2.45, 2.75) is 38.7 Å². The quantitative estimate of drug-likeness (QED) is 0.754. The van der Waals surface area contributed by atoms with Gasteiger partial charge in [-0.05, 0) is 18.9 Å². The summed E-state index contributed by atoms with van der Waals surface area (Å²) in [5.41, 5.74) is 1.11. The van der Waals surface area contributed by atoms with Gasteiger partial charge in [0.15, 0.2) is 0 Å². The molecule has 0 bridgehead atoms. The molecule has 0 heterocycles. The second-order valence-corrected chi connectivity index (χ2v) is 3.81. The molecule has 0 aliphatic rings. The summed E-state index contributed by atoms with van der Waals surface area (Å²) >= 11 is 0. The van der Waals surface area contributed by atoms with Crippen molar-refractivity contribution < 1.29 is 5.11 Å². The number of aliphatic hydroxyl groups excluding tert-OH is 1. The van der Waals surface area contributed by atoms with Gasteiger partial charge < -0.3 is 5.11 Å². The Morgan fingerprint density at radius 3 is 2.23 bits per heavy atom. The van der Waals surface area contributed by atoms with E-state index < -0.39 is 0 Å². The van der Waals surface area contributed by atoms with Gasteiger partial charge in [-0.2, -0.15) is 0 Å². The molecule has 0 amide bonds. The van der Waals surface area contributed by atoms with Gasteiger partial charge in [0.25, 0.3) is 0 Å². The highest BCUT2D eigenvalue weighted by molar-refractivity contribution is 5.25. The van der Waals surface area contributed by atoms with Crippen LogP contribution < -0.4 is 0 Å². The zero-order chi connectivity index (χ0) is 9.90. The molecule has 1 aromatic rings. The Labute approximate surface area is 80.4 Å². The van der Waals surface area contributed by atoms with Crippen molar-refractivity contribution in [1.82, 2.24) is 0 Å². The van der Waals surface area contributed by atoms with E-state index >= 15 is 0 Å². The average Bonchev–Trinajstić information content (AvgIpc) is 2.17. The molecule has 1 heteroatoms. The normalized spacial score (nSPS) is 17.8. The number of hydrogen-bond donors (Lipinski definition) is 1. The summed E-state index contributed by atoms with van der Waals surface area (Å²) in [6, 6.07) is 10.2. The van der Waals surface area contributed by atoms with Crippen molar-refractivity contribution >= 4 is 0 Å². The van der Waals surface area contributed by atoms with Crippen LogP contribution in [0.3, 0.4) is 0 Å². The van der Waals surface area contributed by atoms with Crippen LogP contribution in [-0.2, 0) is 5.41 Å². The number of rotatable bonds is 3. The topological polar surface area (TPSA) is 20.2 Å². The third-order valence-corrected chi connectivity index (χ3v) is 3.09. The first kappa shape index (κ1) is 10.3. The smallest absolute Gasteiger partial charge is 0.0605 e. The third-order valence-electron chi connectivity index (χ3n) is 3.09. The highest BCUT2D eigenvalue weighted by Gasteiger charge is 2.29. The van der Waals surface area contributed by atoms with Crippen LogP contribution in [0.4, 0.5) is 0 Å². The number of hydrogen-bond acceptors (Lipinski definition) is 1. The van der Waals surface area contributed by atoms with Crippen LogP contribution in [-0.4, -0.2) is 11.2 Å². The molecule has 0 saturated heterocycles. The monoisotopic (exact) mass is 178 g/mol. The first-order valence-electron chi connectivity index (χ1n) is 4.85. The van der Waals surface area contributed by atoms with Gasteiger partial charge in [-0.15, -0.1) is 0 Å². The van der Waals surface area contributed by atoms with Crippen molar-refractivity contribution in [1.29, 1.82) is 0 Å². The van der Waals surface area contributed by atoms with Crippen LogP contribution in [0.25, 0.3) is 0 Å². The van der Waals surface area contributed by atoms with Crippen LogP contribution in [0.1, 0.15) is 32.8 Å². The summed E-state index contributed by atoms with van der Waals surface area (Å²) in [4.78, 5) is 0. The van der Waals surface area contributed by atoms with Crippen LogP contribution in [0.5, 0.6) is 0 Å². The standard InChI is InChI=1S/C12H18O/c1-4-12(3,10(2)13)11-8-6-5-7-9-11/h5-10,13H,4H2,1-3H3. The zero-order valence-corrected chi connectivity index (χ0v) is 8.62. The molecule has 1 rings (SSSR count). The van der Waals surface area contributed by atoms with E-state index in [1.807, 2.05) is 25.1 Å². The van der Waals surface area contributed by atoms with Gasteiger partial charge in [-0.3, -0.25) is 0 Å². The van der Waals surface area contributed by atoms with Gasteiger partial charge in [-0.25, -0.2) is 0 Å². The van der Waals surface area contributed by atoms with Gasteiger partial charge in [0.05, 0.1) is 6.10 Å². The number of aliphatic hydroxyl groups is 1. The molecule has 1 aromatic carbocycles. The van der Waals surface area contributed by atoms with E-state index in [-0.39, 0.29) is 11.5 Å². The molecule has 2 unspecified atom stereocenters. The van der Waals surface area contributed by atoms with Crippen molar-refractivity contribution in [2.24, 2.45) is 0 Å². The van der Waals surface area contributed by atoms with E-state index in [9.17, 15) is 5.11 Å². The molecular weight excluding hydrogens is 160 g/mol. The molecule has 0 aliphatic carbocycles. The van der Waals surface area contributed by atoms with Gasteiger partial charge >= 0.3 is 0 Å². The van der Waals surface area contributed by atoms with Gasteiger partial charge in [0.2, 0.25) is 0 Å². The van der Waals surface area contributed by atoms with E-state index in [4.69, 9.17) is 0 Å². The SMILES string of the molecule is CCC(C)(c1ccccc1)C(C)O. The lowest BCUT2D eigenvalue weighted by Crippen LogP contribution is -2.33. The molecule has 1 N–H and O–H groups in total. The molecule has 0 aromatic heterocycles. The van der Waals surface area contributed by atoms with Crippen molar-refractivity contribution in [2.75, 3.05) is 0 Å². The lowest BCUT2D eigenvalue weighted by molar-refractivity contribution is 0.104. The Balaban J connectivity index is 3.03. The van der Waals surface area contributed by atoms with E-state index in [1.165, 1.54) is 5.56 Å². The minimum Gasteiger partial charge on any atom is -0.393 e. The summed E-state index contributed by atoms with van der Waals surface area (Å²) < 4.78 is 0. The average molecular weight is 178 g/mol. The third kappa shape index (κ3) is 1.92. The molecule has 72 valence electrons. The maximum absolute atomic E-state index is 9.72. The fourth-order valence-electron chi connectivity index (χ4n) is 1.56. The van der Waals surface area contributed by atoms with Crippen LogP contribution in [0, 0.1) is 0 Å². The minimum absolute atomic E-state index is 0.110. The maximum Gasteiger partial charge on any atom is 0.0605 e. The summed E-state index contributed by atoms with van der Waals surface area (Å²) in [5.74, 6) is 0. The van der Waals surface area contributed by atoms with Gasteiger partial charge in [-0.1, -0.05) is 44.2 Å². The minimum atomic E-state index is -0.306. The van der Waals surface area contributed by atoms with Gasteiger partial charge in [0.1, 0.15) is 0 Å². The van der Waals surface area contributed by atoms with E-state index in [1.54, 1.807) is 0 Å². The van der Waals surface area contributed by atoms with Crippen LogP contribution >= 0.6 is 0 Å². The molecule has 0 radical (unpaired) electrons. The molecule has 0 saturated carbocycles. The molecule has 2 atom stereocenters. The highest BCUT2D eigenvalue weighted by Crippen LogP contribution is 2.30. The molecule has 0 aliphatic heterocycles. The molecule has 0 spiro atoms. The molecule has 1 nitrogen and oxygen atoms in total. The van der Waals surface area contributed by atoms with Gasteiger partial charge in [0, 0.05) is 5.41 Å². The first-order valence-corrected chi connectivity index (χ1v) is 4.85. The van der Waals surface area contributed by atoms with E-state index in [0.29, 0.717) is 0 Å². The predicted octanol–water partition coefficient (Wildman–Crippen LogP) is 2.74. The second kappa shape index (κ2) is 3.93. The Kier molecular flexibility index (Phi) is 3.10. The van der Waals surface area contributed by atoms with E-state index in [0.717, 1.165) is 6.42 Å². The maximum atomic E-state index is 9.72. The molecular formula is C12H18O. The lowest BCUT2D eigenvalue weighted by Gasteiger charge is -2.32. The molecule has 13 heavy (non-hydrogen) atoms. The Hall–Kier alpha value is -0.820. The summed E-state index contributed by atoms with van der Waals surface area (Å²) in [6.07, 6.45) is 0.647. The molecule has 0 fully saturated rings. The number of benzene rings is 1. The fraction of sp³-hybridized carbons (Fsp3) is 0.500. The highest BCUT2D eigenvalue weighted by atomic mass is 16.3. The Morgan fingerprint density at radius 1 is 1.31 bits per heavy atom. The summed E-state index contributed by atoms with van der Waals surface area (Å²) in [7, 11) is 0. The summed E-state index contributed by atoms with van der Waals surface area (Å²) in [5, 5.41) is 9.72. The largest absolute Gasteiger partial charge is 0.393 e. The van der Waals surface area contributed by atoms with Crippen molar-refractivity contribution in [3.63, 3.8) is 0 Å². The zero-order valence-electron chi connectivity index (χ0n) is 8.62. The van der Waals surface area contributed by atoms with Crippen LogP contribution in [0.15, 0.2) is 30.3 Å². The van der Waals surface area contributed by atoms with E-state index in [2.05, 4.69) is 26.0 Å². The second-order valence-electron chi connectivity index (χ2n) is 3.81. The fourth-order valence-corrected chi connectivity index (χ4v) is 1.56. The summed E-state index contributed by atoms with van der Waals surface area (Å²) in [6.45, 7) is 6.07. The Morgan fingerprint density at radius 2 is 1.85 bits per heavy atom. The van der Waals surface area contributed by atoms with Crippen molar-refractivity contribution in [3.05, 3.63) is 35.9 Å². The van der Waals surface area contributed by atoms with Crippen LogP contribution in [0.2, 0.25) is 0 Å². The lowest BCUT2D eigenvalue weighted by atomic mass is 9.76. The van der Waals surface area contributed by atoms with Crippen molar-refractivity contribution in [3.8, 4) is 0 Å². The predicted molar refractivity (Wildman–Crippen MR) is 55.8 cm³/mol. The first-order chi connectivity index (χ1) is 6.11.